The van der Waals surface area contributed by atoms with Gasteiger partial charge in [0.2, 0.25) is 0 Å². The summed E-state index contributed by atoms with van der Waals surface area (Å²) < 4.78 is 0. The molecule has 0 spiro atoms. The van der Waals surface area contributed by atoms with Crippen molar-refractivity contribution >= 4 is 0 Å². The van der Waals surface area contributed by atoms with Crippen LogP contribution in [0, 0.1) is 11.8 Å². The third-order valence-corrected chi connectivity index (χ3v) is 4.39. The van der Waals surface area contributed by atoms with E-state index in [0.29, 0.717) is 0 Å². The highest BCUT2D eigenvalue weighted by atomic mass is 15.2. The van der Waals surface area contributed by atoms with E-state index in [1.54, 1.807) is 0 Å². The average molecular weight is 224 g/mol. The molecule has 16 heavy (non-hydrogen) atoms. The quantitative estimate of drug-likeness (QED) is 0.789. The maximum absolute atomic E-state index is 3.43. The van der Waals surface area contributed by atoms with E-state index in [1.165, 1.54) is 71.2 Å². The van der Waals surface area contributed by atoms with Crippen LogP contribution in [0.3, 0.4) is 0 Å². The van der Waals surface area contributed by atoms with Gasteiger partial charge in [0.05, 0.1) is 0 Å². The van der Waals surface area contributed by atoms with Crippen LogP contribution in [0.4, 0.5) is 0 Å². The first-order valence-electron chi connectivity index (χ1n) is 7.31. The van der Waals surface area contributed by atoms with E-state index >= 15 is 0 Å². The van der Waals surface area contributed by atoms with E-state index in [-0.39, 0.29) is 0 Å². The summed E-state index contributed by atoms with van der Waals surface area (Å²) in [6.45, 7) is 8.65. The molecule has 1 aliphatic heterocycles. The minimum Gasteiger partial charge on any atom is -0.314 e. The van der Waals surface area contributed by atoms with Crippen molar-refractivity contribution in [3.63, 3.8) is 0 Å². The molecule has 0 amide bonds. The van der Waals surface area contributed by atoms with Gasteiger partial charge in [-0.15, -0.1) is 0 Å². The van der Waals surface area contributed by atoms with Crippen LogP contribution in [0.15, 0.2) is 0 Å². The van der Waals surface area contributed by atoms with Crippen molar-refractivity contribution in [1.82, 2.24) is 10.2 Å². The molecule has 1 N–H and O–H groups in total. The minimum absolute atomic E-state index is 1.01. The average Bonchev–Trinajstić information content (AvgIpc) is 2.33. The normalized spacial score (nSPS) is 32.8. The fourth-order valence-corrected chi connectivity index (χ4v) is 3.37. The van der Waals surface area contributed by atoms with Gasteiger partial charge in [-0.3, -0.25) is 0 Å². The zero-order chi connectivity index (χ0) is 11.2. The molecule has 0 radical (unpaired) electrons. The van der Waals surface area contributed by atoms with E-state index in [0.717, 1.165) is 11.8 Å². The Hall–Kier alpha value is -0.0800. The van der Waals surface area contributed by atoms with Crippen LogP contribution in [0.25, 0.3) is 0 Å². The van der Waals surface area contributed by atoms with Gasteiger partial charge >= 0.3 is 0 Å². The van der Waals surface area contributed by atoms with Crippen molar-refractivity contribution in [3.8, 4) is 0 Å². The van der Waals surface area contributed by atoms with Gasteiger partial charge in [0.25, 0.3) is 0 Å². The Morgan fingerprint density at radius 2 is 1.62 bits per heavy atom. The van der Waals surface area contributed by atoms with Crippen molar-refractivity contribution in [2.45, 2.75) is 45.4 Å². The molecule has 2 heteroatoms. The van der Waals surface area contributed by atoms with E-state index in [9.17, 15) is 0 Å². The lowest BCUT2D eigenvalue weighted by Crippen LogP contribution is -2.45. The number of rotatable bonds is 4. The van der Waals surface area contributed by atoms with Gasteiger partial charge < -0.3 is 10.2 Å². The monoisotopic (exact) mass is 224 g/mol. The number of piperazine rings is 1. The Labute approximate surface area is 101 Å². The summed E-state index contributed by atoms with van der Waals surface area (Å²) in [7, 11) is 0. The maximum Gasteiger partial charge on any atom is 0.0107 e. The van der Waals surface area contributed by atoms with Gasteiger partial charge in [-0.25, -0.2) is 0 Å². The molecule has 2 aliphatic rings. The molecular formula is C14H28N2. The predicted molar refractivity (Wildman–Crippen MR) is 69.7 cm³/mol. The molecule has 0 aromatic carbocycles. The lowest BCUT2D eigenvalue weighted by molar-refractivity contribution is 0.163. The van der Waals surface area contributed by atoms with Gasteiger partial charge in [0, 0.05) is 32.7 Å². The third-order valence-electron chi connectivity index (χ3n) is 4.39. The molecule has 0 aromatic heterocycles. The summed E-state index contributed by atoms with van der Waals surface area (Å²) in [4.78, 5) is 2.67. The molecular weight excluding hydrogens is 196 g/mol. The van der Waals surface area contributed by atoms with Crippen LogP contribution in [-0.2, 0) is 0 Å². The van der Waals surface area contributed by atoms with E-state index in [2.05, 4.69) is 17.1 Å². The number of nitrogens with zero attached hydrogens (tertiary/aromatic N) is 1. The first kappa shape index (κ1) is 12.4. The Bertz CT molecular complexity index is 179. The van der Waals surface area contributed by atoms with Gasteiger partial charge in [-0.05, 0) is 24.7 Å². The van der Waals surface area contributed by atoms with Gasteiger partial charge in [0.1, 0.15) is 0 Å². The Morgan fingerprint density at radius 3 is 2.25 bits per heavy atom. The molecule has 0 atom stereocenters. The molecule has 0 bridgehead atoms. The van der Waals surface area contributed by atoms with Crippen LogP contribution >= 0.6 is 0 Å². The topological polar surface area (TPSA) is 15.3 Å². The summed E-state index contributed by atoms with van der Waals surface area (Å²) in [5, 5.41) is 3.43. The Morgan fingerprint density at radius 1 is 1.00 bits per heavy atom. The van der Waals surface area contributed by atoms with Crippen LogP contribution in [0.1, 0.15) is 45.4 Å². The Kier molecular flexibility index (Phi) is 5.11. The molecule has 2 nitrogen and oxygen atoms in total. The second-order valence-electron chi connectivity index (χ2n) is 5.73. The van der Waals surface area contributed by atoms with Crippen LogP contribution in [0.2, 0.25) is 0 Å². The van der Waals surface area contributed by atoms with Crippen molar-refractivity contribution < 1.29 is 0 Å². The largest absolute Gasteiger partial charge is 0.314 e. The van der Waals surface area contributed by atoms with E-state index in [1.807, 2.05) is 0 Å². The molecule has 1 saturated carbocycles. The second-order valence-corrected chi connectivity index (χ2v) is 5.73. The number of nitrogens with one attached hydrogen (secondary N) is 1. The fourth-order valence-electron chi connectivity index (χ4n) is 3.37. The van der Waals surface area contributed by atoms with Crippen molar-refractivity contribution in [1.29, 1.82) is 0 Å². The molecule has 0 unspecified atom stereocenters. The number of hydrogen-bond acceptors (Lipinski definition) is 2. The molecule has 1 aliphatic carbocycles. The highest BCUT2D eigenvalue weighted by Gasteiger charge is 2.22. The summed E-state index contributed by atoms with van der Waals surface area (Å²) in [6, 6.07) is 0. The summed E-state index contributed by atoms with van der Waals surface area (Å²) >= 11 is 0. The maximum atomic E-state index is 3.43. The predicted octanol–water partition coefficient (Wildman–Crippen LogP) is 2.50. The zero-order valence-corrected chi connectivity index (χ0v) is 10.9. The molecule has 1 saturated heterocycles. The van der Waals surface area contributed by atoms with Crippen molar-refractivity contribution in [2.24, 2.45) is 11.8 Å². The van der Waals surface area contributed by atoms with Crippen LogP contribution < -0.4 is 5.32 Å². The minimum atomic E-state index is 1.01. The fraction of sp³-hybridized carbons (Fsp3) is 1.00. The Balaban J connectivity index is 1.64. The van der Waals surface area contributed by atoms with Crippen molar-refractivity contribution in [2.75, 3.05) is 32.7 Å². The van der Waals surface area contributed by atoms with Gasteiger partial charge in [-0.2, -0.15) is 0 Å². The molecule has 94 valence electrons. The van der Waals surface area contributed by atoms with Crippen molar-refractivity contribution in [3.05, 3.63) is 0 Å². The summed E-state index contributed by atoms with van der Waals surface area (Å²) in [5.41, 5.74) is 0. The first-order valence-corrected chi connectivity index (χ1v) is 7.31. The van der Waals surface area contributed by atoms with E-state index in [4.69, 9.17) is 0 Å². The van der Waals surface area contributed by atoms with Gasteiger partial charge in [-0.1, -0.05) is 32.6 Å². The second kappa shape index (κ2) is 6.61. The molecule has 2 rings (SSSR count). The zero-order valence-electron chi connectivity index (χ0n) is 10.9. The van der Waals surface area contributed by atoms with E-state index < -0.39 is 0 Å². The lowest BCUT2D eigenvalue weighted by atomic mass is 9.80. The lowest BCUT2D eigenvalue weighted by Gasteiger charge is -2.34. The van der Waals surface area contributed by atoms with Gasteiger partial charge in [0.15, 0.2) is 0 Å². The smallest absolute Gasteiger partial charge is 0.0107 e. The summed E-state index contributed by atoms with van der Waals surface area (Å²) in [6.07, 6.45) is 8.85. The summed E-state index contributed by atoms with van der Waals surface area (Å²) in [5.74, 6) is 2.07. The van der Waals surface area contributed by atoms with Crippen LogP contribution in [-0.4, -0.2) is 37.6 Å². The molecule has 0 aromatic rings. The number of hydrogen-bond donors (Lipinski definition) is 1. The molecule has 1 heterocycles. The highest BCUT2D eigenvalue weighted by Crippen LogP contribution is 2.31. The standard InChI is InChI=1S/C14H28N2/c1-2-3-13-4-6-14(7-5-13)12-16-10-8-15-9-11-16/h13-15H,2-12H2,1H3. The third kappa shape index (κ3) is 3.74. The first-order chi connectivity index (χ1) is 7.88. The molecule has 2 fully saturated rings. The van der Waals surface area contributed by atoms with Crippen LogP contribution in [0.5, 0.6) is 0 Å². The SMILES string of the molecule is CCCC1CCC(CN2CCNCC2)CC1. The highest BCUT2D eigenvalue weighted by molar-refractivity contribution is 4.77.